The second-order valence-corrected chi connectivity index (χ2v) is 3.66. The molecule has 2 aromatic carbocycles. The van der Waals surface area contributed by atoms with Crippen LogP contribution in [0.15, 0.2) is 30.3 Å². The third kappa shape index (κ3) is 1.36. The first-order chi connectivity index (χ1) is 6.74. The van der Waals surface area contributed by atoms with Crippen LogP contribution in [-0.2, 0) is 0 Å². The summed E-state index contributed by atoms with van der Waals surface area (Å²) >= 11 is 6.05. The number of ether oxygens (including phenoxy) is 1. The highest BCUT2D eigenvalue weighted by Crippen LogP contribution is 2.31. The fraction of sp³-hybridized carbons (Fsp3) is 0.0909. The molecule has 0 saturated carbocycles. The maximum absolute atomic E-state index is 6.05. The largest absolute Gasteiger partial charge is 0.495 e. The molecule has 0 amide bonds. The van der Waals surface area contributed by atoms with E-state index in [0.717, 1.165) is 16.5 Å². The maximum Gasteiger partial charge on any atom is 0.144 e. The Hall–Kier alpha value is -1.15. The minimum Gasteiger partial charge on any atom is -0.495 e. The van der Waals surface area contributed by atoms with E-state index < -0.39 is 0 Å². The molecule has 2 rings (SSSR count). The summed E-state index contributed by atoms with van der Waals surface area (Å²) in [5.41, 5.74) is 1.18. The Bertz CT molecular complexity index is 482. The summed E-state index contributed by atoms with van der Waals surface area (Å²) in [6, 6.07) is 10.0. The lowest BCUT2D eigenvalue weighted by atomic mass is 9.90. The van der Waals surface area contributed by atoms with E-state index >= 15 is 0 Å². The minimum absolute atomic E-state index is 0.661. The van der Waals surface area contributed by atoms with Crippen LogP contribution >= 0.6 is 11.6 Å². The summed E-state index contributed by atoms with van der Waals surface area (Å²) in [6.07, 6.45) is 0. The van der Waals surface area contributed by atoms with Gasteiger partial charge in [0.1, 0.15) is 13.6 Å². The van der Waals surface area contributed by atoms with Gasteiger partial charge in [-0.3, -0.25) is 0 Å². The maximum atomic E-state index is 6.05. The fourth-order valence-corrected chi connectivity index (χ4v) is 1.93. The molecule has 0 unspecified atom stereocenters. The Morgan fingerprint density at radius 3 is 2.71 bits per heavy atom. The molecular formula is C11H10BClO. The summed E-state index contributed by atoms with van der Waals surface area (Å²) in [5, 5.41) is 2.92. The Morgan fingerprint density at radius 2 is 2.00 bits per heavy atom. The lowest BCUT2D eigenvalue weighted by Crippen LogP contribution is -2.04. The highest BCUT2D eigenvalue weighted by atomic mass is 35.5. The molecule has 70 valence electrons. The molecule has 0 aliphatic heterocycles. The van der Waals surface area contributed by atoms with Crippen molar-refractivity contribution in [3.8, 4) is 5.75 Å². The van der Waals surface area contributed by atoms with Gasteiger partial charge >= 0.3 is 0 Å². The summed E-state index contributed by atoms with van der Waals surface area (Å²) in [5.74, 6) is 0.766. The van der Waals surface area contributed by atoms with Crippen LogP contribution in [0.3, 0.4) is 0 Å². The van der Waals surface area contributed by atoms with E-state index in [1.165, 1.54) is 5.46 Å². The molecule has 1 nitrogen and oxygen atoms in total. The summed E-state index contributed by atoms with van der Waals surface area (Å²) in [6.45, 7) is 0. The Kier molecular flexibility index (Phi) is 2.38. The van der Waals surface area contributed by atoms with Gasteiger partial charge in [-0.25, -0.2) is 0 Å². The van der Waals surface area contributed by atoms with Gasteiger partial charge in [-0.1, -0.05) is 41.3 Å². The van der Waals surface area contributed by atoms with Gasteiger partial charge in [-0.05, 0) is 11.5 Å². The molecule has 0 saturated heterocycles. The third-order valence-electron chi connectivity index (χ3n) is 2.36. The van der Waals surface area contributed by atoms with Crippen LogP contribution in [0.4, 0.5) is 0 Å². The predicted octanol–water partition coefficient (Wildman–Crippen LogP) is 1.76. The van der Waals surface area contributed by atoms with Crippen LogP contribution in [0.2, 0.25) is 5.02 Å². The van der Waals surface area contributed by atoms with Gasteiger partial charge in [-0.15, -0.1) is 0 Å². The van der Waals surface area contributed by atoms with Gasteiger partial charge < -0.3 is 4.74 Å². The predicted molar refractivity (Wildman–Crippen MR) is 63.7 cm³/mol. The smallest absolute Gasteiger partial charge is 0.144 e. The topological polar surface area (TPSA) is 9.23 Å². The van der Waals surface area contributed by atoms with Gasteiger partial charge in [0.15, 0.2) is 0 Å². The molecule has 0 aliphatic carbocycles. The quantitative estimate of drug-likeness (QED) is 0.643. The van der Waals surface area contributed by atoms with Crippen LogP contribution in [0, 0.1) is 0 Å². The second-order valence-electron chi connectivity index (χ2n) is 3.25. The molecular weight excluding hydrogens is 194 g/mol. The second kappa shape index (κ2) is 3.54. The van der Waals surface area contributed by atoms with Crippen molar-refractivity contribution in [3.05, 3.63) is 35.4 Å². The third-order valence-corrected chi connectivity index (χ3v) is 2.66. The van der Waals surface area contributed by atoms with Crippen molar-refractivity contribution in [3.63, 3.8) is 0 Å². The van der Waals surface area contributed by atoms with E-state index in [1.807, 2.05) is 18.2 Å². The number of hydrogen-bond donors (Lipinski definition) is 0. The number of hydrogen-bond acceptors (Lipinski definition) is 1. The molecule has 0 N–H and O–H groups in total. The molecule has 3 heteroatoms. The molecule has 0 spiro atoms. The first kappa shape index (κ1) is 9.41. The molecule has 0 aromatic heterocycles. The molecule has 0 bridgehead atoms. The molecule has 2 aromatic rings. The zero-order valence-corrected chi connectivity index (χ0v) is 8.93. The average molecular weight is 204 g/mol. The van der Waals surface area contributed by atoms with Gasteiger partial charge in [0, 0.05) is 5.39 Å². The van der Waals surface area contributed by atoms with E-state index in [4.69, 9.17) is 16.3 Å². The van der Waals surface area contributed by atoms with Crippen molar-refractivity contribution in [2.24, 2.45) is 0 Å². The van der Waals surface area contributed by atoms with Crippen LogP contribution in [0.1, 0.15) is 0 Å². The van der Waals surface area contributed by atoms with Crippen LogP contribution in [0.5, 0.6) is 5.75 Å². The molecule has 0 atom stereocenters. The van der Waals surface area contributed by atoms with Crippen LogP contribution in [-0.4, -0.2) is 15.0 Å². The number of halogens is 1. The zero-order chi connectivity index (χ0) is 10.1. The van der Waals surface area contributed by atoms with Crippen molar-refractivity contribution in [2.75, 3.05) is 7.11 Å². The summed E-state index contributed by atoms with van der Waals surface area (Å²) < 4.78 is 5.31. The SMILES string of the molecule is Bc1cccc2ccc(Cl)c(OC)c12. The summed E-state index contributed by atoms with van der Waals surface area (Å²) in [4.78, 5) is 0. The highest BCUT2D eigenvalue weighted by Gasteiger charge is 2.07. The lowest BCUT2D eigenvalue weighted by molar-refractivity contribution is 0.420. The number of fused-ring (bicyclic) bond motifs is 1. The average Bonchev–Trinajstić information content (AvgIpc) is 2.19. The molecule has 0 radical (unpaired) electrons. The summed E-state index contributed by atoms with van der Waals surface area (Å²) in [7, 11) is 3.70. The van der Waals surface area contributed by atoms with Crippen molar-refractivity contribution >= 4 is 35.7 Å². The van der Waals surface area contributed by atoms with Crippen molar-refractivity contribution in [1.82, 2.24) is 0 Å². The lowest BCUT2D eigenvalue weighted by Gasteiger charge is -2.09. The van der Waals surface area contributed by atoms with Gasteiger partial charge in [0.25, 0.3) is 0 Å². The first-order valence-corrected chi connectivity index (χ1v) is 4.83. The molecule has 0 heterocycles. The van der Waals surface area contributed by atoms with E-state index in [1.54, 1.807) is 7.11 Å². The normalized spacial score (nSPS) is 10.4. The first-order valence-electron chi connectivity index (χ1n) is 4.46. The Labute approximate surface area is 89.0 Å². The van der Waals surface area contributed by atoms with E-state index in [0.29, 0.717) is 5.02 Å². The van der Waals surface area contributed by atoms with E-state index in [9.17, 15) is 0 Å². The van der Waals surface area contributed by atoms with Gasteiger partial charge in [-0.2, -0.15) is 0 Å². The Balaban J connectivity index is 2.91. The number of benzene rings is 2. The van der Waals surface area contributed by atoms with Crippen LogP contribution < -0.4 is 10.2 Å². The zero-order valence-electron chi connectivity index (χ0n) is 8.17. The number of methoxy groups -OCH3 is 1. The van der Waals surface area contributed by atoms with Crippen molar-refractivity contribution in [2.45, 2.75) is 0 Å². The van der Waals surface area contributed by atoms with Crippen LogP contribution in [0.25, 0.3) is 10.8 Å². The van der Waals surface area contributed by atoms with Crippen molar-refractivity contribution < 1.29 is 4.74 Å². The standard InChI is InChI=1S/C11H10BClO/c1-14-11-9(13)6-5-7-3-2-4-8(12)10(7)11/h2-6H,12H2,1H3. The number of rotatable bonds is 1. The van der Waals surface area contributed by atoms with E-state index in [-0.39, 0.29) is 0 Å². The highest BCUT2D eigenvalue weighted by molar-refractivity contribution is 6.41. The monoisotopic (exact) mass is 204 g/mol. The minimum atomic E-state index is 0.661. The van der Waals surface area contributed by atoms with Gasteiger partial charge in [0.2, 0.25) is 0 Å². The fourth-order valence-electron chi connectivity index (χ4n) is 1.70. The molecule has 14 heavy (non-hydrogen) atoms. The van der Waals surface area contributed by atoms with Gasteiger partial charge in [0.05, 0.1) is 12.1 Å². The van der Waals surface area contributed by atoms with E-state index in [2.05, 4.69) is 20.0 Å². The molecule has 0 fully saturated rings. The molecule has 0 aliphatic rings. The van der Waals surface area contributed by atoms with Crippen molar-refractivity contribution in [1.29, 1.82) is 0 Å². The Morgan fingerprint density at radius 1 is 1.21 bits per heavy atom.